The first-order valence-electron chi connectivity index (χ1n) is 4.80. The highest BCUT2D eigenvalue weighted by Gasteiger charge is 2.21. The molecule has 1 fully saturated rings. The standard InChI is InChI=1S/C10H12FN3O/c11-7-1-3-8(4-2-7)13-10(15)9-5-6-12-14-9/h1-4,9,12,14H,5-6H2,(H,13,15). The van der Waals surface area contributed by atoms with Gasteiger partial charge < -0.3 is 5.32 Å². The first-order valence-corrected chi connectivity index (χ1v) is 4.80. The molecule has 0 saturated carbocycles. The van der Waals surface area contributed by atoms with E-state index in [1.165, 1.54) is 24.3 Å². The highest BCUT2D eigenvalue weighted by atomic mass is 19.1. The number of benzene rings is 1. The van der Waals surface area contributed by atoms with Gasteiger partial charge >= 0.3 is 0 Å². The second-order valence-corrected chi connectivity index (χ2v) is 3.41. The molecule has 1 atom stereocenters. The van der Waals surface area contributed by atoms with Crippen LogP contribution in [-0.4, -0.2) is 18.5 Å². The average molecular weight is 209 g/mol. The second-order valence-electron chi connectivity index (χ2n) is 3.41. The third kappa shape index (κ3) is 2.51. The van der Waals surface area contributed by atoms with E-state index in [2.05, 4.69) is 16.2 Å². The van der Waals surface area contributed by atoms with Gasteiger partial charge in [0.25, 0.3) is 0 Å². The van der Waals surface area contributed by atoms with Crippen LogP contribution in [0.5, 0.6) is 0 Å². The molecule has 1 aromatic carbocycles. The predicted molar refractivity (Wildman–Crippen MR) is 54.6 cm³/mol. The molecule has 1 aromatic rings. The largest absolute Gasteiger partial charge is 0.325 e. The van der Waals surface area contributed by atoms with Gasteiger partial charge in [0.1, 0.15) is 11.9 Å². The smallest absolute Gasteiger partial charge is 0.242 e. The van der Waals surface area contributed by atoms with Crippen LogP contribution in [0, 0.1) is 5.82 Å². The number of amides is 1. The topological polar surface area (TPSA) is 53.2 Å². The van der Waals surface area contributed by atoms with Gasteiger partial charge in [-0.05, 0) is 30.7 Å². The van der Waals surface area contributed by atoms with Crippen molar-refractivity contribution in [3.8, 4) is 0 Å². The van der Waals surface area contributed by atoms with Gasteiger partial charge in [0.05, 0.1) is 0 Å². The maximum atomic E-state index is 12.6. The van der Waals surface area contributed by atoms with Crippen LogP contribution in [-0.2, 0) is 4.79 Å². The predicted octanol–water partition coefficient (Wildman–Crippen LogP) is 0.631. The first kappa shape index (κ1) is 10.1. The number of carbonyl (C=O) groups is 1. The fraction of sp³-hybridized carbons (Fsp3) is 0.300. The molecule has 1 saturated heterocycles. The van der Waals surface area contributed by atoms with Crippen LogP contribution in [0.2, 0.25) is 0 Å². The number of anilines is 1. The van der Waals surface area contributed by atoms with Gasteiger partial charge in [-0.3, -0.25) is 10.2 Å². The van der Waals surface area contributed by atoms with Gasteiger partial charge in [0, 0.05) is 12.2 Å². The van der Waals surface area contributed by atoms with Crippen molar-refractivity contribution in [2.24, 2.45) is 0 Å². The van der Waals surface area contributed by atoms with Crippen LogP contribution in [0.3, 0.4) is 0 Å². The molecular formula is C10H12FN3O. The van der Waals surface area contributed by atoms with Gasteiger partial charge in [-0.15, -0.1) is 0 Å². The second kappa shape index (κ2) is 4.37. The zero-order valence-corrected chi connectivity index (χ0v) is 8.09. The van der Waals surface area contributed by atoms with Crippen LogP contribution in [0.25, 0.3) is 0 Å². The van der Waals surface area contributed by atoms with Crippen LogP contribution in [0.15, 0.2) is 24.3 Å². The molecule has 5 heteroatoms. The van der Waals surface area contributed by atoms with Crippen molar-refractivity contribution in [3.63, 3.8) is 0 Å². The molecule has 0 radical (unpaired) electrons. The molecule has 0 bridgehead atoms. The van der Waals surface area contributed by atoms with Crippen molar-refractivity contribution in [2.45, 2.75) is 12.5 Å². The summed E-state index contributed by atoms with van der Waals surface area (Å²) < 4.78 is 12.6. The molecule has 4 nitrogen and oxygen atoms in total. The zero-order chi connectivity index (χ0) is 10.7. The molecule has 3 N–H and O–H groups in total. The molecule has 80 valence electrons. The molecule has 1 amide bonds. The third-order valence-corrected chi connectivity index (χ3v) is 2.26. The molecule has 1 aliphatic rings. The summed E-state index contributed by atoms with van der Waals surface area (Å²) in [5.74, 6) is -0.416. The van der Waals surface area contributed by atoms with E-state index in [1.807, 2.05) is 0 Å². The van der Waals surface area contributed by atoms with E-state index < -0.39 is 0 Å². The quantitative estimate of drug-likeness (QED) is 0.669. The summed E-state index contributed by atoms with van der Waals surface area (Å²) in [7, 11) is 0. The number of carbonyl (C=O) groups excluding carboxylic acids is 1. The van der Waals surface area contributed by atoms with Crippen molar-refractivity contribution in [1.82, 2.24) is 10.9 Å². The summed E-state index contributed by atoms with van der Waals surface area (Å²) in [6.07, 6.45) is 0.757. The molecule has 15 heavy (non-hydrogen) atoms. The molecule has 0 aromatic heterocycles. The summed E-state index contributed by atoms with van der Waals surface area (Å²) in [6, 6.07) is 5.49. The third-order valence-electron chi connectivity index (χ3n) is 2.26. The average Bonchev–Trinajstić information content (AvgIpc) is 2.74. The number of hydrogen-bond acceptors (Lipinski definition) is 3. The Morgan fingerprint density at radius 1 is 1.40 bits per heavy atom. The Morgan fingerprint density at radius 2 is 2.13 bits per heavy atom. The molecule has 2 rings (SSSR count). The molecule has 1 unspecified atom stereocenters. The minimum atomic E-state index is -0.311. The Balaban J connectivity index is 1.96. The van der Waals surface area contributed by atoms with Crippen molar-refractivity contribution in [2.75, 3.05) is 11.9 Å². The lowest BCUT2D eigenvalue weighted by molar-refractivity contribution is -0.117. The molecule has 1 aliphatic heterocycles. The lowest BCUT2D eigenvalue weighted by Gasteiger charge is -2.10. The van der Waals surface area contributed by atoms with E-state index in [4.69, 9.17) is 0 Å². The van der Waals surface area contributed by atoms with Crippen LogP contribution in [0.1, 0.15) is 6.42 Å². The van der Waals surface area contributed by atoms with Crippen molar-refractivity contribution in [3.05, 3.63) is 30.1 Å². The fourth-order valence-electron chi connectivity index (χ4n) is 1.44. The number of nitrogens with one attached hydrogen (secondary N) is 3. The Bertz CT molecular complexity index is 346. The van der Waals surface area contributed by atoms with E-state index in [0.29, 0.717) is 5.69 Å². The van der Waals surface area contributed by atoms with Crippen molar-refractivity contribution in [1.29, 1.82) is 0 Å². The normalized spacial score (nSPS) is 20.2. The molecule has 1 heterocycles. The fourth-order valence-corrected chi connectivity index (χ4v) is 1.44. The molecule has 0 spiro atoms. The number of halogens is 1. The molecular weight excluding hydrogens is 197 g/mol. The number of hydrazine groups is 1. The van der Waals surface area contributed by atoms with Gasteiger partial charge in [0.2, 0.25) is 5.91 Å². The maximum Gasteiger partial charge on any atom is 0.242 e. The van der Waals surface area contributed by atoms with Gasteiger partial charge in [-0.1, -0.05) is 0 Å². The molecule has 0 aliphatic carbocycles. The van der Waals surface area contributed by atoms with Gasteiger partial charge in [0.15, 0.2) is 0 Å². The minimum absolute atomic E-state index is 0.105. The van der Waals surface area contributed by atoms with Gasteiger partial charge in [-0.2, -0.15) is 0 Å². The van der Waals surface area contributed by atoms with Crippen LogP contribution in [0.4, 0.5) is 10.1 Å². The Morgan fingerprint density at radius 3 is 2.73 bits per heavy atom. The Labute approximate surface area is 86.8 Å². The number of rotatable bonds is 2. The SMILES string of the molecule is O=C(Nc1ccc(F)cc1)C1CCNN1. The Hall–Kier alpha value is -1.46. The summed E-state index contributed by atoms with van der Waals surface area (Å²) in [5.41, 5.74) is 6.34. The summed E-state index contributed by atoms with van der Waals surface area (Å²) in [6.45, 7) is 0.779. The number of hydrogen-bond donors (Lipinski definition) is 3. The lowest BCUT2D eigenvalue weighted by Crippen LogP contribution is -2.39. The monoisotopic (exact) mass is 209 g/mol. The summed E-state index contributed by atoms with van der Waals surface area (Å²) in [5, 5.41) is 2.70. The first-order chi connectivity index (χ1) is 7.25. The van der Waals surface area contributed by atoms with Crippen molar-refractivity contribution < 1.29 is 9.18 Å². The highest BCUT2D eigenvalue weighted by Crippen LogP contribution is 2.09. The summed E-state index contributed by atoms with van der Waals surface area (Å²) in [4.78, 5) is 11.6. The lowest BCUT2D eigenvalue weighted by atomic mass is 10.2. The van der Waals surface area contributed by atoms with Crippen molar-refractivity contribution >= 4 is 11.6 Å². The van der Waals surface area contributed by atoms with Gasteiger partial charge in [-0.25, -0.2) is 9.82 Å². The minimum Gasteiger partial charge on any atom is -0.325 e. The highest BCUT2D eigenvalue weighted by molar-refractivity contribution is 5.94. The van der Waals surface area contributed by atoms with E-state index in [1.54, 1.807) is 0 Å². The zero-order valence-electron chi connectivity index (χ0n) is 8.09. The van der Waals surface area contributed by atoms with Crippen LogP contribution >= 0.6 is 0 Å². The maximum absolute atomic E-state index is 12.6. The van der Waals surface area contributed by atoms with E-state index in [-0.39, 0.29) is 17.8 Å². The van der Waals surface area contributed by atoms with Crippen LogP contribution < -0.4 is 16.2 Å². The van der Waals surface area contributed by atoms with E-state index >= 15 is 0 Å². The summed E-state index contributed by atoms with van der Waals surface area (Å²) >= 11 is 0. The Kier molecular flexibility index (Phi) is 2.94. The van der Waals surface area contributed by atoms with E-state index in [9.17, 15) is 9.18 Å². The van der Waals surface area contributed by atoms with E-state index in [0.717, 1.165) is 13.0 Å².